The fourth-order valence-electron chi connectivity index (χ4n) is 2.35. The lowest BCUT2D eigenvalue weighted by Gasteiger charge is -2.24. The SMILES string of the molecule is CC(C)CNCC(C)NCc1ccccc1C(C)(C)C. The van der Waals surface area contributed by atoms with E-state index in [1.165, 1.54) is 11.1 Å². The summed E-state index contributed by atoms with van der Waals surface area (Å²) in [7, 11) is 0. The molecule has 0 heterocycles. The third kappa shape index (κ3) is 6.06. The average molecular weight is 276 g/mol. The molecule has 114 valence electrons. The van der Waals surface area contributed by atoms with E-state index >= 15 is 0 Å². The van der Waals surface area contributed by atoms with E-state index in [0.29, 0.717) is 12.0 Å². The standard InChI is InChI=1S/C18H32N2/c1-14(2)11-19-12-15(3)20-13-16-9-7-8-10-17(16)18(4,5)6/h7-10,14-15,19-20H,11-13H2,1-6H3. The van der Waals surface area contributed by atoms with E-state index in [2.05, 4.69) is 76.4 Å². The summed E-state index contributed by atoms with van der Waals surface area (Å²) in [5, 5.41) is 7.13. The Balaban J connectivity index is 2.49. The molecule has 2 nitrogen and oxygen atoms in total. The molecule has 0 radical (unpaired) electrons. The second kappa shape index (κ2) is 7.80. The zero-order chi connectivity index (χ0) is 15.2. The first-order valence-corrected chi connectivity index (χ1v) is 7.83. The molecule has 2 N–H and O–H groups in total. The van der Waals surface area contributed by atoms with Crippen molar-refractivity contribution in [2.45, 2.75) is 59.5 Å². The minimum absolute atomic E-state index is 0.206. The van der Waals surface area contributed by atoms with Gasteiger partial charge in [0, 0.05) is 19.1 Å². The van der Waals surface area contributed by atoms with E-state index in [1.54, 1.807) is 0 Å². The third-order valence-corrected chi connectivity index (χ3v) is 3.47. The minimum Gasteiger partial charge on any atom is -0.315 e. The molecule has 0 aromatic heterocycles. The van der Waals surface area contributed by atoms with Crippen LogP contribution in [0.5, 0.6) is 0 Å². The second-order valence-corrected chi connectivity index (χ2v) is 7.24. The molecule has 0 spiro atoms. The summed E-state index contributed by atoms with van der Waals surface area (Å²) in [5.41, 5.74) is 3.06. The predicted molar refractivity (Wildman–Crippen MR) is 89.2 cm³/mol. The van der Waals surface area contributed by atoms with Crippen LogP contribution in [0.25, 0.3) is 0 Å². The zero-order valence-corrected chi connectivity index (χ0v) is 14.1. The second-order valence-electron chi connectivity index (χ2n) is 7.24. The molecule has 0 amide bonds. The van der Waals surface area contributed by atoms with E-state index in [9.17, 15) is 0 Å². The molecule has 0 aliphatic heterocycles. The van der Waals surface area contributed by atoms with Crippen molar-refractivity contribution in [3.05, 3.63) is 35.4 Å². The highest BCUT2D eigenvalue weighted by Crippen LogP contribution is 2.25. The lowest BCUT2D eigenvalue weighted by atomic mass is 9.84. The first kappa shape index (κ1) is 17.2. The Morgan fingerprint density at radius 3 is 2.25 bits per heavy atom. The van der Waals surface area contributed by atoms with Gasteiger partial charge in [0.1, 0.15) is 0 Å². The highest BCUT2D eigenvalue weighted by Gasteiger charge is 2.17. The van der Waals surface area contributed by atoms with Gasteiger partial charge in [-0.25, -0.2) is 0 Å². The summed E-state index contributed by atoms with van der Waals surface area (Å²) in [5.74, 6) is 0.712. The Labute approximate surface area is 125 Å². The van der Waals surface area contributed by atoms with Crippen LogP contribution in [-0.2, 0) is 12.0 Å². The van der Waals surface area contributed by atoms with Gasteiger partial charge in [-0.1, -0.05) is 58.9 Å². The number of nitrogens with one attached hydrogen (secondary N) is 2. The highest BCUT2D eigenvalue weighted by molar-refractivity contribution is 5.32. The number of rotatable bonds is 7. The normalized spacial score (nSPS) is 13.8. The van der Waals surface area contributed by atoms with Crippen LogP contribution in [0.3, 0.4) is 0 Å². The quantitative estimate of drug-likeness (QED) is 0.793. The van der Waals surface area contributed by atoms with Crippen LogP contribution in [0.1, 0.15) is 52.7 Å². The fourth-order valence-corrected chi connectivity index (χ4v) is 2.35. The van der Waals surface area contributed by atoms with E-state index < -0.39 is 0 Å². The maximum atomic E-state index is 3.62. The smallest absolute Gasteiger partial charge is 0.0211 e. The Kier molecular flexibility index (Phi) is 6.70. The van der Waals surface area contributed by atoms with Crippen LogP contribution < -0.4 is 10.6 Å². The van der Waals surface area contributed by atoms with Crippen LogP contribution in [0.2, 0.25) is 0 Å². The summed E-state index contributed by atoms with van der Waals surface area (Å²) in [6.45, 7) is 16.6. The molecule has 1 aromatic carbocycles. The van der Waals surface area contributed by atoms with E-state index in [1.807, 2.05) is 0 Å². The molecule has 2 heteroatoms. The van der Waals surface area contributed by atoms with Crippen LogP contribution in [0.15, 0.2) is 24.3 Å². The molecular weight excluding hydrogens is 244 g/mol. The van der Waals surface area contributed by atoms with Crippen molar-refractivity contribution in [1.29, 1.82) is 0 Å². The molecule has 1 aromatic rings. The van der Waals surface area contributed by atoms with Crippen LogP contribution >= 0.6 is 0 Å². The number of hydrogen-bond acceptors (Lipinski definition) is 2. The molecule has 0 saturated heterocycles. The van der Waals surface area contributed by atoms with Crippen molar-refractivity contribution >= 4 is 0 Å². The molecule has 1 unspecified atom stereocenters. The maximum Gasteiger partial charge on any atom is 0.0211 e. The average Bonchev–Trinajstić information content (AvgIpc) is 2.35. The van der Waals surface area contributed by atoms with Gasteiger partial charge in [-0.3, -0.25) is 0 Å². The van der Waals surface area contributed by atoms with Crippen molar-refractivity contribution in [2.24, 2.45) is 5.92 Å². The summed E-state index contributed by atoms with van der Waals surface area (Å²) >= 11 is 0. The maximum absolute atomic E-state index is 3.62. The lowest BCUT2D eigenvalue weighted by Crippen LogP contribution is -2.37. The van der Waals surface area contributed by atoms with Crippen molar-refractivity contribution in [1.82, 2.24) is 10.6 Å². The Bertz CT molecular complexity index is 391. The van der Waals surface area contributed by atoms with Gasteiger partial charge in [-0.2, -0.15) is 0 Å². The largest absolute Gasteiger partial charge is 0.315 e. The van der Waals surface area contributed by atoms with Gasteiger partial charge in [-0.15, -0.1) is 0 Å². The van der Waals surface area contributed by atoms with Gasteiger partial charge in [-0.05, 0) is 35.9 Å². The van der Waals surface area contributed by atoms with E-state index in [0.717, 1.165) is 19.6 Å². The Morgan fingerprint density at radius 1 is 1.00 bits per heavy atom. The van der Waals surface area contributed by atoms with Gasteiger partial charge < -0.3 is 10.6 Å². The Hall–Kier alpha value is -0.860. The van der Waals surface area contributed by atoms with Crippen LogP contribution in [0.4, 0.5) is 0 Å². The van der Waals surface area contributed by atoms with Crippen LogP contribution in [-0.4, -0.2) is 19.1 Å². The molecule has 0 bridgehead atoms. The molecule has 0 aliphatic rings. The van der Waals surface area contributed by atoms with Gasteiger partial charge in [0.2, 0.25) is 0 Å². The predicted octanol–water partition coefficient (Wildman–Crippen LogP) is 3.71. The minimum atomic E-state index is 0.206. The number of benzene rings is 1. The van der Waals surface area contributed by atoms with E-state index in [-0.39, 0.29) is 5.41 Å². The zero-order valence-electron chi connectivity index (χ0n) is 14.1. The molecule has 1 atom stereocenters. The lowest BCUT2D eigenvalue weighted by molar-refractivity contribution is 0.469. The van der Waals surface area contributed by atoms with Crippen molar-refractivity contribution in [3.8, 4) is 0 Å². The van der Waals surface area contributed by atoms with E-state index in [4.69, 9.17) is 0 Å². The molecule has 20 heavy (non-hydrogen) atoms. The Morgan fingerprint density at radius 2 is 1.65 bits per heavy atom. The topological polar surface area (TPSA) is 24.1 Å². The summed E-state index contributed by atoms with van der Waals surface area (Å²) in [6.07, 6.45) is 0. The van der Waals surface area contributed by atoms with Gasteiger partial charge in [0.15, 0.2) is 0 Å². The fraction of sp³-hybridized carbons (Fsp3) is 0.667. The van der Waals surface area contributed by atoms with Gasteiger partial charge in [0.05, 0.1) is 0 Å². The molecule has 0 aliphatic carbocycles. The summed E-state index contributed by atoms with van der Waals surface area (Å²) in [6, 6.07) is 9.24. The van der Waals surface area contributed by atoms with Crippen molar-refractivity contribution in [3.63, 3.8) is 0 Å². The molecule has 0 fully saturated rings. The first-order valence-electron chi connectivity index (χ1n) is 7.83. The first-order chi connectivity index (χ1) is 9.30. The van der Waals surface area contributed by atoms with Gasteiger partial charge >= 0.3 is 0 Å². The molecular formula is C18H32N2. The highest BCUT2D eigenvalue weighted by atomic mass is 15.0. The molecule has 0 saturated carbocycles. The monoisotopic (exact) mass is 276 g/mol. The van der Waals surface area contributed by atoms with Crippen LogP contribution in [0, 0.1) is 5.92 Å². The summed E-state index contributed by atoms with van der Waals surface area (Å²) < 4.78 is 0. The molecule has 1 rings (SSSR count). The van der Waals surface area contributed by atoms with Crippen molar-refractivity contribution in [2.75, 3.05) is 13.1 Å². The van der Waals surface area contributed by atoms with Crippen molar-refractivity contribution < 1.29 is 0 Å². The van der Waals surface area contributed by atoms with Gasteiger partial charge in [0.25, 0.3) is 0 Å². The third-order valence-electron chi connectivity index (χ3n) is 3.47. The summed E-state index contributed by atoms with van der Waals surface area (Å²) in [4.78, 5) is 0. The number of hydrogen-bond donors (Lipinski definition) is 2.